The van der Waals surface area contributed by atoms with Crippen LogP contribution in [0.25, 0.3) is 0 Å². The fraction of sp³-hybridized carbons (Fsp3) is 0.188. The summed E-state index contributed by atoms with van der Waals surface area (Å²) in [6.45, 7) is 2.58. The Labute approximate surface area is 128 Å². The zero-order valence-corrected chi connectivity index (χ0v) is 12.7. The van der Waals surface area contributed by atoms with Gasteiger partial charge in [0.05, 0.1) is 23.4 Å². The Kier molecular flexibility index (Phi) is 4.70. The maximum absolute atomic E-state index is 11.8. The second kappa shape index (κ2) is 6.50. The first-order valence-corrected chi connectivity index (χ1v) is 6.86. The van der Waals surface area contributed by atoms with Gasteiger partial charge in [-0.25, -0.2) is 4.79 Å². The SMILES string of the molecule is COC(=O)c1cc(N)cc(Cl)c1NCc1ccc(C)cc1. The topological polar surface area (TPSA) is 64.3 Å². The summed E-state index contributed by atoms with van der Waals surface area (Å²) in [6.07, 6.45) is 0. The third-order valence-electron chi connectivity index (χ3n) is 3.11. The van der Waals surface area contributed by atoms with Crippen molar-refractivity contribution in [3.05, 3.63) is 58.1 Å². The molecule has 2 aromatic rings. The van der Waals surface area contributed by atoms with Gasteiger partial charge in [-0.3, -0.25) is 0 Å². The Morgan fingerprint density at radius 1 is 1.29 bits per heavy atom. The van der Waals surface area contributed by atoms with Crippen LogP contribution in [0.15, 0.2) is 36.4 Å². The van der Waals surface area contributed by atoms with E-state index in [1.165, 1.54) is 12.7 Å². The van der Waals surface area contributed by atoms with Gasteiger partial charge in [-0.05, 0) is 24.6 Å². The van der Waals surface area contributed by atoms with Gasteiger partial charge in [-0.15, -0.1) is 0 Å². The van der Waals surface area contributed by atoms with E-state index in [4.69, 9.17) is 22.1 Å². The van der Waals surface area contributed by atoms with E-state index < -0.39 is 5.97 Å². The van der Waals surface area contributed by atoms with Crippen molar-refractivity contribution in [1.29, 1.82) is 0 Å². The molecule has 0 aliphatic carbocycles. The monoisotopic (exact) mass is 304 g/mol. The summed E-state index contributed by atoms with van der Waals surface area (Å²) >= 11 is 6.18. The minimum Gasteiger partial charge on any atom is -0.465 e. The molecule has 2 rings (SSSR count). The maximum atomic E-state index is 11.8. The lowest BCUT2D eigenvalue weighted by atomic mass is 10.1. The molecule has 5 heteroatoms. The molecule has 0 saturated heterocycles. The summed E-state index contributed by atoms with van der Waals surface area (Å²) < 4.78 is 4.76. The van der Waals surface area contributed by atoms with Crippen LogP contribution in [0.2, 0.25) is 5.02 Å². The van der Waals surface area contributed by atoms with Gasteiger partial charge < -0.3 is 15.8 Å². The average Bonchev–Trinajstić information content (AvgIpc) is 2.46. The van der Waals surface area contributed by atoms with Gasteiger partial charge in [0.1, 0.15) is 0 Å². The molecule has 0 atom stereocenters. The largest absolute Gasteiger partial charge is 0.465 e. The minimum absolute atomic E-state index is 0.328. The van der Waals surface area contributed by atoms with Crippen molar-refractivity contribution >= 4 is 28.9 Å². The second-order valence-corrected chi connectivity index (χ2v) is 5.16. The molecule has 0 aliphatic heterocycles. The van der Waals surface area contributed by atoms with Crippen molar-refractivity contribution in [3.8, 4) is 0 Å². The number of nitrogen functional groups attached to an aromatic ring is 1. The van der Waals surface area contributed by atoms with Crippen molar-refractivity contribution < 1.29 is 9.53 Å². The number of benzene rings is 2. The fourth-order valence-corrected chi connectivity index (χ4v) is 2.27. The highest BCUT2D eigenvalue weighted by Gasteiger charge is 2.16. The molecule has 0 bridgehead atoms. The van der Waals surface area contributed by atoms with Crippen molar-refractivity contribution in [1.82, 2.24) is 0 Å². The minimum atomic E-state index is -0.476. The number of hydrogen-bond donors (Lipinski definition) is 2. The van der Waals surface area contributed by atoms with Crippen LogP contribution < -0.4 is 11.1 Å². The van der Waals surface area contributed by atoms with Crippen LogP contribution >= 0.6 is 11.6 Å². The Hall–Kier alpha value is -2.20. The molecule has 0 aliphatic rings. The first-order chi connectivity index (χ1) is 10.0. The predicted molar refractivity (Wildman–Crippen MR) is 85.7 cm³/mol. The van der Waals surface area contributed by atoms with E-state index in [0.717, 1.165) is 5.56 Å². The lowest BCUT2D eigenvalue weighted by molar-refractivity contribution is 0.0602. The maximum Gasteiger partial charge on any atom is 0.340 e. The molecule has 0 saturated carbocycles. The molecule has 4 nitrogen and oxygen atoms in total. The number of nitrogens with two attached hydrogens (primary N) is 1. The van der Waals surface area contributed by atoms with Crippen molar-refractivity contribution in [2.24, 2.45) is 0 Å². The smallest absolute Gasteiger partial charge is 0.340 e. The van der Waals surface area contributed by atoms with Gasteiger partial charge in [0, 0.05) is 12.2 Å². The Morgan fingerprint density at radius 3 is 2.57 bits per heavy atom. The molecule has 0 radical (unpaired) electrons. The normalized spacial score (nSPS) is 10.2. The van der Waals surface area contributed by atoms with E-state index in [2.05, 4.69) is 5.32 Å². The summed E-state index contributed by atoms with van der Waals surface area (Å²) in [5, 5.41) is 3.56. The summed E-state index contributed by atoms with van der Waals surface area (Å²) in [7, 11) is 1.32. The van der Waals surface area contributed by atoms with Gasteiger partial charge >= 0.3 is 5.97 Å². The molecule has 0 spiro atoms. The number of aryl methyl sites for hydroxylation is 1. The molecular weight excluding hydrogens is 288 g/mol. The number of nitrogens with one attached hydrogen (secondary N) is 1. The highest BCUT2D eigenvalue weighted by Crippen LogP contribution is 2.30. The second-order valence-electron chi connectivity index (χ2n) is 4.76. The van der Waals surface area contributed by atoms with E-state index in [0.29, 0.717) is 28.5 Å². The van der Waals surface area contributed by atoms with Gasteiger partial charge in [-0.1, -0.05) is 41.4 Å². The van der Waals surface area contributed by atoms with E-state index in [-0.39, 0.29) is 0 Å². The Morgan fingerprint density at radius 2 is 1.95 bits per heavy atom. The molecular formula is C16H17ClN2O2. The van der Waals surface area contributed by atoms with E-state index in [9.17, 15) is 4.79 Å². The van der Waals surface area contributed by atoms with Crippen molar-refractivity contribution in [3.63, 3.8) is 0 Å². The van der Waals surface area contributed by atoms with Gasteiger partial charge in [0.2, 0.25) is 0 Å². The Bertz CT molecular complexity index is 654. The van der Waals surface area contributed by atoms with Gasteiger partial charge in [-0.2, -0.15) is 0 Å². The van der Waals surface area contributed by atoms with Crippen LogP contribution in [-0.4, -0.2) is 13.1 Å². The van der Waals surface area contributed by atoms with Crippen LogP contribution in [0.5, 0.6) is 0 Å². The number of methoxy groups -OCH3 is 1. The summed E-state index contributed by atoms with van der Waals surface area (Å²) in [4.78, 5) is 11.8. The molecule has 0 heterocycles. The van der Waals surface area contributed by atoms with Crippen LogP contribution in [0.1, 0.15) is 21.5 Å². The average molecular weight is 305 g/mol. The molecule has 0 aromatic heterocycles. The molecule has 110 valence electrons. The molecule has 0 unspecified atom stereocenters. The first kappa shape index (κ1) is 15.2. The lowest BCUT2D eigenvalue weighted by Crippen LogP contribution is -2.09. The number of carbonyl (C=O) groups excluding carboxylic acids is 1. The number of esters is 1. The van der Waals surface area contributed by atoms with E-state index >= 15 is 0 Å². The third-order valence-corrected chi connectivity index (χ3v) is 3.41. The standard InChI is InChI=1S/C16H17ClN2O2/c1-10-3-5-11(6-4-10)9-19-15-13(16(20)21-2)7-12(18)8-14(15)17/h3-8,19H,9,18H2,1-2H3. The number of halogens is 1. The van der Waals surface area contributed by atoms with Crippen LogP contribution in [-0.2, 0) is 11.3 Å². The summed E-state index contributed by atoms with van der Waals surface area (Å²) in [6, 6.07) is 11.3. The third kappa shape index (κ3) is 3.67. The van der Waals surface area contributed by atoms with E-state index in [1.807, 2.05) is 31.2 Å². The molecule has 3 N–H and O–H groups in total. The van der Waals surface area contributed by atoms with Crippen molar-refractivity contribution in [2.45, 2.75) is 13.5 Å². The first-order valence-electron chi connectivity index (χ1n) is 6.48. The molecule has 0 amide bonds. The number of anilines is 2. The zero-order chi connectivity index (χ0) is 15.4. The fourth-order valence-electron chi connectivity index (χ4n) is 1.97. The van der Waals surface area contributed by atoms with Crippen molar-refractivity contribution in [2.75, 3.05) is 18.2 Å². The highest BCUT2D eigenvalue weighted by molar-refractivity contribution is 6.34. The Balaban J connectivity index is 2.26. The van der Waals surface area contributed by atoms with Gasteiger partial charge in [0.25, 0.3) is 0 Å². The van der Waals surface area contributed by atoms with Gasteiger partial charge in [0.15, 0.2) is 0 Å². The van der Waals surface area contributed by atoms with Crippen LogP contribution in [0.4, 0.5) is 11.4 Å². The zero-order valence-electron chi connectivity index (χ0n) is 11.9. The van der Waals surface area contributed by atoms with Crippen LogP contribution in [0, 0.1) is 6.92 Å². The molecule has 21 heavy (non-hydrogen) atoms. The number of hydrogen-bond acceptors (Lipinski definition) is 4. The highest BCUT2D eigenvalue weighted by atomic mass is 35.5. The molecule has 2 aromatic carbocycles. The number of carbonyl (C=O) groups is 1. The van der Waals surface area contributed by atoms with E-state index in [1.54, 1.807) is 12.1 Å². The molecule has 0 fully saturated rings. The summed E-state index contributed by atoms with van der Waals surface area (Å²) in [5.41, 5.74) is 9.28. The lowest BCUT2D eigenvalue weighted by Gasteiger charge is -2.14. The van der Waals surface area contributed by atoms with Crippen LogP contribution in [0.3, 0.4) is 0 Å². The number of rotatable bonds is 4. The predicted octanol–water partition coefficient (Wildman–Crippen LogP) is 3.63. The summed E-state index contributed by atoms with van der Waals surface area (Å²) in [5.74, 6) is -0.476. The quantitative estimate of drug-likeness (QED) is 0.669. The number of ether oxygens (including phenoxy) is 1.